The number of hydrogen-bond donors (Lipinski definition) is 0. The number of nitrogens with zero attached hydrogens (tertiary/aromatic N) is 3. The van der Waals surface area contributed by atoms with Crippen molar-refractivity contribution in [1.82, 2.24) is 13.7 Å². The molecule has 12 nitrogen and oxygen atoms in total. The Morgan fingerprint density at radius 3 is 1.43 bits per heavy atom. The molecule has 0 unspecified atom stereocenters. The maximum absolute atomic E-state index is 12.5. The molecule has 0 fully saturated rings. The van der Waals surface area contributed by atoms with Gasteiger partial charge in [0.1, 0.15) is 19.8 Å². The molecule has 12 heteroatoms. The van der Waals surface area contributed by atoms with Crippen molar-refractivity contribution < 1.29 is 28.6 Å². The first-order valence-corrected chi connectivity index (χ1v) is 7.95. The lowest BCUT2D eigenvalue weighted by Crippen LogP contribution is -2.55. The van der Waals surface area contributed by atoms with Gasteiger partial charge in [0.15, 0.2) is 0 Å². The van der Waals surface area contributed by atoms with Crippen molar-refractivity contribution in [2.45, 2.75) is 19.6 Å². The number of hydrogen-bond acceptors (Lipinski definition) is 9. The van der Waals surface area contributed by atoms with Gasteiger partial charge in [-0.25, -0.2) is 37.7 Å². The highest BCUT2D eigenvalue weighted by Gasteiger charge is 2.16. The largest absolute Gasteiger partial charge is 0.466 e. The Morgan fingerprint density at radius 1 is 0.750 bits per heavy atom. The van der Waals surface area contributed by atoms with Crippen molar-refractivity contribution in [2.75, 3.05) is 19.8 Å². The predicted molar refractivity (Wildman–Crippen MR) is 93.6 cm³/mol. The zero-order chi connectivity index (χ0) is 21.1. The van der Waals surface area contributed by atoms with Crippen LogP contribution in [0, 0.1) is 0 Å². The third kappa shape index (κ3) is 5.93. The van der Waals surface area contributed by atoms with Gasteiger partial charge in [0.2, 0.25) is 0 Å². The second-order valence-corrected chi connectivity index (χ2v) is 5.01. The molecular formula is C16H19N3O9. The van der Waals surface area contributed by atoms with Crippen LogP contribution in [0.3, 0.4) is 0 Å². The summed E-state index contributed by atoms with van der Waals surface area (Å²) < 4.78 is 16.0. The van der Waals surface area contributed by atoms with Crippen LogP contribution in [0.25, 0.3) is 0 Å². The molecule has 0 amide bonds. The SMILES string of the molecule is C=CC(=O)OCCn1c(=O)n(CCOC=O)c(=O)n(CCOC(=O)C=C)c1=O. The Labute approximate surface area is 157 Å². The Morgan fingerprint density at radius 2 is 1.11 bits per heavy atom. The number of rotatable bonds is 12. The minimum atomic E-state index is -0.980. The van der Waals surface area contributed by atoms with E-state index in [0.29, 0.717) is 13.7 Å². The van der Waals surface area contributed by atoms with Gasteiger partial charge in [-0.1, -0.05) is 13.2 Å². The molecule has 0 radical (unpaired) electrons. The van der Waals surface area contributed by atoms with Gasteiger partial charge in [0.05, 0.1) is 19.6 Å². The standard InChI is InChI=1S/C16H19N3O9/c1-3-12(21)27-9-6-18-14(23)17(5-8-26-11-20)15(24)19(16(18)25)7-10-28-13(22)4-2/h3-4,11H,1-2,5-10H2. The zero-order valence-electron chi connectivity index (χ0n) is 14.9. The smallest absolute Gasteiger partial charge is 0.336 e. The minimum absolute atomic E-state index is 0.142. The van der Waals surface area contributed by atoms with Gasteiger partial charge in [-0.2, -0.15) is 0 Å². The summed E-state index contributed by atoms with van der Waals surface area (Å²) in [6.07, 6.45) is 1.82. The summed E-state index contributed by atoms with van der Waals surface area (Å²) in [5.74, 6) is -1.50. The molecule has 0 bridgehead atoms. The van der Waals surface area contributed by atoms with Crippen LogP contribution in [0.1, 0.15) is 0 Å². The van der Waals surface area contributed by atoms with Gasteiger partial charge in [-0.05, 0) is 0 Å². The lowest BCUT2D eigenvalue weighted by Gasteiger charge is -2.13. The lowest BCUT2D eigenvalue weighted by molar-refractivity contribution is -0.138. The molecule has 0 aliphatic rings. The van der Waals surface area contributed by atoms with Crippen molar-refractivity contribution in [3.8, 4) is 0 Å². The number of ether oxygens (including phenoxy) is 3. The molecule has 0 saturated carbocycles. The molecule has 1 aromatic rings. The molecule has 0 atom stereocenters. The monoisotopic (exact) mass is 397 g/mol. The molecule has 28 heavy (non-hydrogen) atoms. The Bertz CT molecular complexity index is 859. The van der Waals surface area contributed by atoms with Crippen LogP contribution in [0.2, 0.25) is 0 Å². The van der Waals surface area contributed by atoms with E-state index >= 15 is 0 Å². The van der Waals surface area contributed by atoms with Crippen LogP contribution in [0.15, 0.2) is 39.7 Å². The van der Waals surface area contributed by atoms with Gasteiger partial charge in [0, 0.05) is 12.2 Å². The van der Waals surface area contributed by atoms with E-state index in [1.165, 1.54) is 0 Å². The van der Waals surface area contributed by atoms with E-state index < -0.39 is 29.0 Å². The highest BCUT2D eigenvalue weighted by Crippen LogP contribution is 1.85. The maximum atomic E-state index is 12.5. The van der Waals surface area contributed by atoms with Crippen molar-refractivity contribution >= 4 is 18.4 Å². The molecule has 1 heterocycles. The van der Waals surface area contributed by atoms with Gasteiger partial charge in [-0.3, -0.25) is 4.79 Å². The van der Waals surface area contributed by atoms with E-state index in [1.807, 2.05) is 0 Å². The zero-order valence-corrected chi connectivity index (χ0v) is 14.9. The van der Waals surface area contributed by atoms with Crippen LogP contribution in [-0.4, -0.2) is 51.9 Å². The molecular weight excluding hydrogens is 378 g/mol. The third-order valence-electron chi connectivity index (χ3n) is 3.34. The van der Waals surface area contributed by atoms with Crippen molar-refractivity contribution in [3.63, 3.8) is 0 Å². The molecule has 0 aromatic carbocycles. The van der Waals surface area contributed by atoms with E-state index in [2.05, 4.69) is 17.9 Å². The molecule has 1 rings (SSSR count). The van der Waals surface area contributed by atoms with Gasteiger partial charge in [0.25, 0.3) is 6.47 Å². The molecule has 152 valence electrons. The maximum Gasteiger partial charge on any atom is 0.336 e. The predicted octanol–water partition coefficient (Wildman–Crippen LogP) is -2.20. The Balaban J connectivity index is 3.23. The highest BCUT2D eigenvalue weighted by atomic mass is 16.5. The van der Waals surface area contributed by atoms with Crippen molar-refractivity contribution in [3.05, 3.63) is 56.8 Å². The number of carbonyl (C=O) groups excluding carboxylic acids is 3. The molecule has 0 aliphatic heterocycles. The van der Waals surface area contributed by atoms with E-state index in [9.17, 15) is 28.8 Å². The highest BCUT2D eigenvalue weighted by molar-refractivity contribution is 5.81. The summed E-state index contributed by atoms with van der Waals surface area (Å²) in [7, 11) is 0. The van der Waals surface area contributed by atoms with E-state index in [-0.39, 0.29) is 45.9 Å². The molecule has 0 aliphatic carbocycles. The van der Waals surface area contributed by atoms with Gasteiger partial charge >= 0.3 is 29.0 Å². The van der Waals surface area contributed by atoms with Crippen LogP contribution < -0.4 is 17.1 Å². The average Bonchev–Trinajstić information content (AvgIpc) is 2.69. The third-order valence-corrected chi connectivity index (χ3v) is 3.34. The fraction of sp³-hybridized carbons (Fsp3) is 0.375. The topological polar surface area (TPSA) is 145 Å². The van der Waals surface area contributed by atoms with Crippen LogP contribution in [0.4, 0.5) is 0 Å². The fourth-order valence-corrected chi connectivity index (χ4v) is 2.04. The summed E-state index contributed by atoms with van der Waals surface area (Å²) >= 11 is 0. The first-order valence-electron chi connectivity index (χ1n) is 7.95. The summed E-state index contributed by atoms with van der Waals surface area (Å²) in [6, 6.07) is 0. The summed E-state index contributed by atoms with van der Waals surface area (Å²) in [4.78, 5) is 69.8. The van der Waals surface area contributed by atoms with Crippen LogP contribution in [0.5, 0.6) is 0 Å². The van der Waals surface area contributed by atoms with Crippen molar-refractivity contribution in [2.24, 2.45) is 0 Å². The van der Waals surface area contributed by atoms with Crippen molar-refractivity contribution in [1.29, 1.82) is 0 Å². The van der Waals surface area contributed by atoms with Crippen LogP contribution in [-0.2, 0) is 48.2 Å². The van der Waals surface area contributed by atoms with Gasteiger partial charge < -0.3 is 14.2 Å². The average molecular weight is 397 g/mol. The minimum Gasteiger partial charge on any atom is -0.466 e. The summed E-state index contributed by atoms with van der Waals surface area (Å²) in [5.41, 5.74) is -2.93. The summed E-state index contributed by atoms with van der Waals surface area (Å²) in [6.45, 7) is 4.65. The second kappa shape index (κ2) is 11.1. The first-order chi connectivity index (χ1) is 13.4. The van der Waals surface area contributed by atoms with Gasteiger partial charge in [-0.15, -0.1) is 0 Å². The second-order valence-electron chi connectivity index (χ2n) is 5.01. The Hall–Kier alpha value is -3.70. The first kappa shape index (κ1) is 22.3. The fourth-order valence-electron chi connectivity index (χ4n) is 2.04. The summed E-state index contributed by atoms with van der Waals surface area (Å²) in [5, 5.41) is 0. The molecule has 0 spiro atoms. The lowest BCUT2D eigenvalue weighted by atomic mass is 10.5. The molecule has 0 N–H and O–H groups in total. The molecule has 1 aromatic heterocycles. The Kier molecular flexibility index (Phi) is 8.86. The van der Waals surface area contributed by atoms with E-state index in [4.69, 9.17) is 9.47 Å². The molecule has 0 saturated heterocycles. The van der Waals surface area contributed by atoms with Crippen LogP contribution >= 0.6 is 0 Å². The number of esters is 2. The quantitative estimate of drug-likeness (QED) is 0.126. The van der Waals surface area contributed by atoms with E-state index in [0.717, 1.165) is 12.2 Å². The normalized spacial score (nSPS) is 10.0. The number of aromatic nitrogens is 3. The van der Waals surface area contributed by atoms with E-state index in [1.54, 1.807) is 0 Å². The number of carbonyl (C=O) groups is 3.